The Morgan fingerprint density at radius 2 is 2.17 bits per heavy atom. The molecule has 3 heteroatoms. The van der Waals surface area contributed by atoms with Crippen molar-refractivity contribution in [1.29, 1.82) is 0 Å². The molecular formula is C9H8N2O. The van der Waals surface area contributed by atoms with Crippen LogP contribution in [0.5, 0.6) is 0 Å². The largest absolute Gasteiger partial charge is 0.269 e. The van der Waals surface area contributed by atoms with Gasteiger partial charge in [0, 0.05) is 18.0 Å². The summed E-state index contributed by atoms with van der Waals surface area (Å²) in [5.74, 6) is 0. The van der Waals surface area contributed by atoms with E-state index in [-0.39, 0.29) is 5.56 Å². The number of hydrogen-bond donors (Lipinski definition) is 0. The Labute approximate surface area is 69.3 Å². The molecule has 3 nitrogen and oxygen atoms in total. The molecule has 0 unspecified atom stereocenters. The predicted octanol–water partition coefficient (Wildman–Crippen LogP) is 1.00. The molecule has 0 aliphatic rings. The van der Waals surface area contributed by atoms with Gasteiger partial charge in [-0.1, -0.05) is 6.07 Å². The van der Waals surface area contributed by atoms with E-state index in [0.29, 0.717) is 5.65 Å². The Kier molecular flexibility index (Phi) is 1.43. The van der Waals surface area contributed by atoms with Crippen LogP contribution < -0.4 is 5.56 Å². The van der Waals surface area contributed by atoms with E-state index in [1.165, 1.54) is 12.3 Å². The summed E-state index contributed by atoms with van der Waals surface area (Å²) in [6, 6.07) is 7.04. The van der Waals surface area contributed by atoms with Crippen LogP contribution in [0.1, 0.15) is 5.69 Å². The quantitative estimate of drug-likeness (QED) is 0.576. The fourth-order valence-corrected chi connectivity index (χ4v) is 1.24. The second-order valence-corrected chi connectivity index (χ2v) is 2.64. The topological polar surface area (TPSA) is 34.4 Å². The molecule has 0 amide bonds. The molecule has 2 rings (SSSR count). The van der Waals surface area contributed by atoms with E-state index >= 15 is 0 Å². The van der Waals surface area contributed by atoms with E-state index in [1.54, 1.807) is 4.40 Å². The maximum atomic E-state index is 11.3. The summed E-state index contributed by atoms with van der Waals surface area (Å²) in [5.41, 5.74) is 1.58. The lowest BCUT2D eigenvalue weighted by Gasteiger charge is -2.00. The fraction of sp³-hybridized carbons (Fsp3) is 0.111. The van der Waals surface area contributed by atoms with Gasteiger partial charge in [-0.25, -0.2) is 4.98 Å². The van der Waals surface area contributed by atoms with Gasteiger partial charge in [0.25, 0.3) is 5.56 Å². The van der Waals surface area contributed by atoms with Gasteiger partial charge in [0.05, 0.1) is 0 Å². The van der Waals surface area contributed by atoms with E-state index in [1.807, 2.05) is 25.1 Å². The minimum Gasteiger partial charge on any atom is -0.269 e. The van der Waals surface area contributed by atoms with Crippen LogP contribution in [0, 0.1) is 6.92 Å². The summed E-state index contributed by atoms with van der Waals surface area (Å²) in [5, 5.41) is 0. The number of hydrogen-bond acceptors (Lipinski definition) is 2. The average molecular weight is 160 g/mol. The summed E-state index contributed by atoms with van der Waals surface area (Å²) in [7, 11) is 0. The Morgan fingerprint density at radius 1 is 1.33 bits per heavy atom. The summed E-state index contributed by atoms with van der Waals surface area (Å²) in [6.45, 7) is 1.88. The van der Waals surface area contributed by atoms with Gasteiger partial charge in [0.1, 0.15) is 5.65 Å². The van der Waals surface area contributed by atoms with Gasteiger partial charge >= 0.3 is 0 Å². The predicted molar refractivity (Wildman–Crippen MR) is 46.2 cm³/mol. The van der Waals surface area contributed by atoms with E-state index in [0.717, 1.165) is 5.69 Å². The molecule has 0 radical (unpaired) electrons. The number of fused-ring (bicyclic) bond motifs is 1. The number of pyridine rings is 1. The third-order valence-electron chi connectivity index (χ3n) is 1.81. The van der Waals surface area contributed by atoms with Crippen molar-refractivity contribution in [2.45, 2.75) is 6.92 Å². The molecular weight excluding hydrogens is 152 g/mol. The molecule has 60 valence electrons. The maximum Gasteiger partial charge on any atom is 0.258 e. The van der Waals surface area contributed by atoms with Crippen LogP contribution in [0.15, 0.2) is 35.3 Å². The third-order valence-corrected chi connectivity index (χ3v) is 1.81. The van der Waals surface area contributed by atoms with Crippen LogP contribution in [-0.4, -0.2) is 9.38 Å². The molecule has 0 aliphatic heterocycles. The summed E-state index contributed by atoms with van der Waals surface area (Å²) >= 11 is 0. The van der Waals surface area contributed by atoms with Crippen molar-refractivity contribution in [1.82, 2.24) is 9.38 Å². The van der Waals surface area contributed by atoms with E-state index in [9.17, 15) is 4.79 Å². The van der Waals surface area contributed by atoms with Gasteiger partial charge in [-0.2, -0.15) is 0 Å². The normalized spacial score (nSPS) is 10.4. The highest BCUT2D eigenvalue weighted by atomic mass is 16.1. The lowest BCUT2D eigenvalue weighted by molar-refractivity contribution is 0.991. The van der Waals surface area contributed by atoms with Crippen LogP contribution >= 0.6 is 0 Å². The smallest absolute Gasteiger partial charge is 0.258 e. The number of rotatable bonds is 0. The number of aromatic nitrogens is 2. The highest BCUT2D eigenvalue weighted by Crippen LogP contribution is 1.99. The molecule has 2 aromatic heterocycles. The molecule has 2 heterocycles. The standard InChI is InChI=1S/C9H8N2O/c1-7-3-2-4-8-10-6-5-9(12)11(7)8/h2-6H,1H3. The van der Waals surface area contributed by atoms with Gasteiger partial charge in [0.2, 0.25) is 0 Å². The fourth-order valence-electron chi connectivity index (χ4n) is 1.24. The minimum atomic E-state index is -0.0295. The average Bonchev–Trinajstić information content (AvgIpc) is 2.04. The first-order valence-corrected chi connectivity index (χ1v) is 3.72. The van der Waals surface area contributed by atoms with Gasteiger partial charge in [-0.05, 0) is 19.1 Å². The van der Waals surface area contributed by atoms with Crippen molar-refractivity contribution in [3.8, 4) is 0 Å². The Hall–Kier alpha value is -1.64. The third kappa shape index (κ3) is 0.906. The second-order valence-electron chi connectivity index (χ2n) is 2.64. The molecule has 0 N–H and O–H groups in total. The van der Waals surface area contributed by atoms with E-state index in [2.05, 4.69) is 4.98 Å². The zero-order valence-electron chi connectivity index (χ0n) is 6.69. The van der Waals surface area contributed by atoms with Crippen molar-refractivity contribution in [3.05, 3.63) is 46.5 Å². The molecule has 0 spiro atoms. The molecule has 0 fully saturated rings. The molecule has 0 bridgehead atoms. The van der Waals surface area contributed by atoms with Crippen LogP contribution in [0.25, 0.3) is 5.65 Å². The monoisotopic (exact) mass is 160 g/mol. The first-order chi connectivity index (χ1) is 5.79. The summed E-state index contributed by atoms with van der Waals surface area (Å²) in [6.07, 6.45) is 1.52. The Morgan fingerprint density at radius 3 is 2.92 bits per heavy atom. The minimum absolute atomic E-state index is 0.0295. The van der Waals surface area contributed by atoms with Crippen molar-refractivity contribution in [3.63, 3.8) is 0 Å². The zero-order chi connectivity index (χ0) is 8.55. The number of aryl methyl sites for hydroxylation is 1. The van der Waals surface area contributed by atoms with Gasteiger partial charge in [-0.3, -0.25) is 9.20 Å². The SMILES string of the molecule is Cc1cccc2nccc(=O)n12. The molecule has 0 aliphatic carbocycles. The highest BCUT2D eigenvalue weighted by molar-refractivity contribution is 5.38. The van der Waals surface area contributed by atoms with Crippen LogP contribution in [-0.2, 0) is 0 Å². The first-order valence-electron chi connectivity index (χ1n) is 3.72. The highest BCUT2D eigenvalue weighted by Gasteiger charge is 1.96. The molecule has 0 saturated heterocycles. The van der Waals surface area contributed by atoms with Gasteiger partial charge in [0.15, 0.2) is 0 Å². The van der Waals surface area contributed by atoms with Crippen LogP contribution in [0.2, 0.25) is 0 Å². The van der Waals surface area contributed by atoms with Gasteiger partial charge < -0.3 is 0 Å². The molecule has 12 heavy (non-hydrogen) atoms. The van der Waals surface area contributed by atoms with Crippen LogP contribution in [0.4, 0.5) is 0 Å². The molecule has 0 saturated carbocycles. The Balaban J connectivity index is 3.07. The zero-order valence-corrected chi connectivity index (χ0v) is 6.69. The lowest BCUT2D eigenvalue weighted by atomic mass is 10.3. The summed E-state index contributed by atoms with van der Waals surface area (Å²) < 4.78 is 1.58. The Bertz CT molecular complexity index is 468. The van der Waals surface area contributed by atoms with Crippen molar-refractivity contribution in [2.24, 2.45) is 0 Å². The van der Waals surface area contributed by atoms with Crippen molar-refractivity contribution in [2.75, 3.05) is 0 Å². The molecule has 2 aromatic rings. The van der Waals surface area contributed by atoms with Crippen LogP contribution in [0.3, 0.4) is 0 Å². The molecule has 0 aromatic carbocycles. The number of nitrogens with zero attached hydrogens (tertiary/aromatic N) is 2. The maximum absolute atomic E-state index is 11.3. The van der Waals surface area contributed by atoms with Gasteiger partial charge in [-0.15, -0.1) is 0 Å². The summed E-state index contributed by atoms with van der Waals surface area (Å²) in [4.78, 5) is 15.4. The first kappa shape index (κ1) is 7.03. The second kappa shape index (κ2) is 2.44. The molecule has 0 atom stereocenters. The van der Waals surface area contributed by atoms with E-state index < -0.39 is 0 Å². The van der Waals surface area contributed by atoms with Crippen molar-refractivity contribution < 1.29 is 0 Å². The van der Waals surface area contributed by atoms with E-state index in [4.69, 9.17) is 0 Å². The van der Waals surface area contributed by atoms with Crippen molar-refractivity contribution >= 4 is 5.65 Å². The lowest BCUT2D eigenvalue weighted by Crippen LogP contribution is -2.14.